The van der Waals surface area contributed by atoms with Gasteiger partial charge in [-0.3, -0.25) is 0 Å². The molecule has 1 radical (unpaired) electrons. The molecule has 179 valence electrons. The van der Waals surface area contributed by atoms with E-state index in [2.05, 4.69) is 150 Å². The van der Waals surface area contributed by atoms with Gasteiger partial charge in [-0.25, -0.2) is 0 Å². The number of anilines is 3. The van der Waals surface area contributed by atoms with Crippen LogP contribution in [-0.4, -0.2) is 11.7 Å². The smallest absolute Gasteiger partial charge is 0.197 e. The summed E-state index contributed by atoms with van der Waals surface area (Å²) in [6.07, 6.45) is 0. The summed E-state index contributed by atoms with van der Waals surface area (Å²) in [6, 6.07) is 48.4. The molecule has 0 spiro atoms. The fraction of sp³-hybridized carbons (Fsp3) is 0. The number of nitrogens with zero attached hydrogens (tertiary/aromatic N) is 2. The van der Waals surface area contributed by atoms with Crippen LogP contribution < -0.4 is 15.8 Å². The summed E-state index contributed by atoms with van der Waals surface area (Å²) in [5, 5.41) is 5.20. The van der Waals surface area contributed by atoms with E-state index in [9.17, 15) is 0 Å². The number of fused-ring (bicyclic) bond motifs is 9. The number of rotatable bonds is 2. The average molecular weight is 493 g/mol. The summed E-state index contributed by atoms with van der Waals surface area (Å²) in [4.78, 5) is 2.51. The van der Waals surface area contributed by atoms with Crippen LogP contribution in [0.3, 0.4) is 0 Å². The molecule has 2 aromatic heterocycles. The molecule has 9 rings (SSSR count). The quantitative estimate of drug-likeness (QED) is 0.222. The van der Waals surface area contributed by atoms with Crippen molar-refractivity contribution in [3.05, 3.63) is 133 Å². The summed E-state index contributed by atoms with van der Waals surface area (Å²) in [7, 11) is 2.37. The second-order valence-electron chi connectivity index (χ2n) is 10.4. The Labute approximate surface area is 226 Å². The molecule has 1 aliphatic heterocycles. The number of hydrogen-bond donors (Lipinski definition) is 0. The molecule has 0 bridgehead atoms. The van der Waals surface area contributed by atoms with Gasteiger partial charge >= 0.3 is 0 Å². The van der Waals surface area contributed by atoms with Crippen LogP contribution in [0.25, 0.3) is 49.2 Å². The van der Waals surface area contributed by atoms with E-state index in [1.807, 2.05) is 0 Å². The number of hydrogen-bond acceptors (Lipinski definition) is 1. The summed E-state index contributed by atoms with van der Waals surface area (Å²) >= 11 is 0. The summed E-state index contributed by atoms with van der Waals surface area (Å²) in [5.74, 6) is 0. The summed E-state index contributed by atoms with van der Waals surface area (Å²) in [6.45, 7) is 0. The Balaban J connectivity index is 1.48. The first kappa shape index (κ1) is 21.0. The molecule has 0 N–H and O–H groups in total. The third kappa shape index (κ3) is 2.77. The van der Waals surface area contributed by atoms with Crippen molar-refractivity contribution in [1.29, 1.82) is 0 Å². The molecular weight excluding hydrogens is 471 g/mol. The third-order valence-electron chi connectivity index (χ3n) is 8.32. The average Bonchev–Trinajstić information content (AvgIpc) is 3.52. The highest BCUT2D eigenvalue weighted by Crippen LogP contribution is 2.48. The van der Waals surface area contributed by atoms with Crippen molar-refractivity contribution in [3.8, 4) is 11.1 Å². The maximum atomic E-state index is 2.51. The van der Waals surface area contributed by atoms with Crippen molar-refractivity contribution < 1.29 is 0 Å². The molecule has 0 saturated heterocycles. The maximum Gasteiger partial charge on any atom is 0.197 e. The summed E-state index contributed by atoms with van der Waals surface area (Å²) in [5.41, 5.74) is 12.4. The van der Waals surface area contributed by atoms with Crippen LogP contribution in [0.15, 0.2) is 133 Å². The first-order valence-electron chi connectivity index (χ1n) is 13.5. The van der Waals surface area contributed by atoms with Crippen LogP contribution in [0.1, 0.15) is 0 Å². The van der Waals surface area contributed by atoms with Gasteiger partial charge < -0.3 is 9.30 Å². The van der Waals surface area contributed by atoms with Crippen LogP contribution in [-0.2, 0) is 0 Å². The number of para-hydroxylation sites is 4. The van der Waals surface area contributed by atoms with Gasteiger partial charge in [-0.2, -0.15) is 0 Å². The number of aromatic nitrogens is 1. The lowest BCUT2D eigenvalue weighted by atomic mass is 9.59. The van der Waals surface area contributed by atoms with Crippen LogP contribution >= 0.6 is 0 Å². The lowest BCUT2D eigenvalue weighted by molar-refractivity contribution is 1.31. The predicted octanol–water partition coefficient (Wildman–Crippen LogP) is 7.94. The van der Waals surface area contributed by atoms with E-state index in [0.717, 1.165) is 0 Å². The topological polar surface area (TPSA) is 7.65 Å². The highest BCUT2D eigenvalue weighted by molar-refractivity contribution is 6.73. The molecule has 3 heteroatoms. The van der Waals surface area contributed by atoms with E-state index in [4.69, 9.17) is 0 Å². The van der Waals surface area contributed by atoms with Crippen molar-refractivity contribution >= 4 is 73.4 Å². The van der Waals surface area contributed by atoms with Crippen LogP contribution in [0.5, 0.6) is 0 Å². The lowest BCUT2D eigenvalue weighted by Gasteiger charge is -2.35. The van der Waals surface area contributed by atoms with Crippen molar-refractivity contribution in [2.75, 3.05) is 4.90 Å². The van der Waals surface area contributed by atoms with Gasteiger partial charge in [0.25, 0.3) is 0 Å². The molecule has 0 amide bonds. The summed E-state index contributed by atoms with van der Waals surface area (Å²) < 4.78 is 2.47. The first-order valence-corrected chi connectivity index (χ1v) is 13.5. The molecule has 6 aromatic carbocycles. The van der Waals surface area contributed by atoms with Gasteiger partial charge in [0.1, 0.15) is 0 Å². The van der Waals surface area contributed by atoms with E-state index in [1.165, 1.54) is 77.2 Å². The van der Waals surface area contributed by atoms with Gasteiger partial charge in [0.2, 0.25) is 0 Å². The highest BCUT2D eigenvalue weighted by atomic mass is 15.2. The lowest BCUT2D eigenvalue weighted by Crippen LogP contribution is -2.40. The fourth-order valence-corrected chi connectivity index (χ4v) is 6.76. The van der Waals surface area contributed by atoms with Crippen LogP contribution in [0.2, 0.25) is 0 Å². The van der Waals surface area contributed by atoms with Gasteiger partial charge in [-0.15, -0.1) is 0 Å². The molecule has 2 nitrogen and oxygen atoms in total. The molecule has 0 atom stereocenters. The molecule has 8 aromatic rings. The molecule has 1 aliphatic rings. The minimum absolute atomic E-state index is 1.19. The molecule has 3 heterocycles. The zero-order valence-corrected chi connectivity index (χ0v) is 21.2. The predicted molar refractivity (Wildman–Crippen MR) is 166 cm³/mol. The Morgan fingerprint density at radius 3 is 1.97 bits per heavy atom. The molecule has 0 fully saturated rings. The first-order chi connectivity index (χ1) is 19.4. The Kier molecular flexibility index (Phi) is 4.17. The van der Waals surface area contributed by atoms with E-state index in [1.54, 1.807) is 0 Å². The SMILES string of the molecule is [B]1c2ccccc2N(c2ccccc2-c2ccccc2)c2c1cc1c3ccccc3n3c4ccccc4c2c13. The minimum Gasteiger partial charge on any atom is -0.310 e. The van der Waals surface area contributed by atoms with Gasteiger partial charge in [0, 0.05) is 32.8 Å². The van der Waals surface area contributed by atoms with Crippen LogP contribution in [0.4, 0.5) is 17.1 Å². The second-order valence-corrected chi connectivity index (χ2v) is 10.4. The third-order valence-corrected chi connectivity index (χ3v) is 8.32. The normalized spacial score (nSPS) is 12.8. The minimum atomic E-state index is 1.19. The van der Waals surface area contributed by atoms with Crippen molar-refractivity contribution in [3.63, 3.8) is 0 Å². The molecule has 39 heavy (non-hydrogen) atoms. The Morgan fingerprint density at radius 1 is 0.487 bits per heavy atom. The second kappa shape index (κ2) is 7.75. The fourth-order valence-electron chi connectivity index (χ4n) is 6.76. The zero-order chi connectivity index (χ0) is 25.5. The molecule has 0 saturated carbocycles. The van der Waals surface area contributed by atoms with Gasteiger partial charge in [-0.05, 0) is 29.8 Å². The largest absolute Gasteiger partial charge is 0.310 e. The Bertz CT molecular complexity index is 2210. The van der Waals surface area contributed by atoms with Crippen LogP contribution in [0, 0.1) is 0 Å². The Morgan fingerprint density at radius 2 is 1.13 bits per heavy atom. The van der Waals surface area contributed by atoms with Crippen molar-refractivity contribution in [2.45, 2.75) is 0 Å². The monoisotopic (exact) mass is 493 g/mol. The molecular formula is C36H22BN2. The number of benzene rings is 6. The van der Waals surface area contributed by atoms with E-state index >= 15 is 0 Å². The van der Waals surface area contributed by atoms with E-state index in [0.29, 0.717) is 0 Å². The highest BCUT2D eigenvalue weighted by Gasteiger charge is 2.31. The van der Waals surface area contributed by atoms with Crippen molar-refractivity contribution in [1.82, 2.24) is 4.40 Å². The van der Waals surface area contributed by atoms with Gasteiger partial charge in [0.05, 0.1) is 27.9 Å². The van der Waals surface area contributed by atoms with Crippen molar-refractivity contribution in [2.24, 2.45) is 0 Å². The Hall–Kier alpha value is -5.02. The van der Waals surface area contributed by atoms with E-state index < -0.39 is 0 Å². The van der Waals surface area contributed by atoms with Gasteiger partial charge in [0.15, 0.2) is 7.28 Å². The van der Waals surface area contributed by atoms with Gasteiger partial charge in [-0.1, -0.05) is 120 Å². The molecule has 0 unspecified atom stereocenters. The standard InChI is InChI=1S/C36H22BN2/c1-2-12-23(13-3-1)24-14-4-8-18-30(24)39-33-21-11-7-17-28(33)37-29-22-27-25-15-5-9-19-31(25)38-32-20-10-6-16-26(32)34(35(27)38)36(29)39/h1-22H. The molecule has 0 aliphatic carbocycles. The maximum absolute atomic E-state index is 2.51. The zero-order valence-electron chi connectivity index (χ0n) is 21.2. The van der Waals surface area contributed by atoms with E-state index in [-0.39, 0.29) is 0 Å².